The van der Waals surface area contributed by atoms with Crippen LogP contribution in [-0.2, 0) is 13.5 Å². The third-order valence-corrected chi connectivity index (χ3v) is 3.90. The maximum atomic E-state index is 12.2. The number of benzene rings is 1. The number of carbonyl (C=O) groups excluding carboxylic acids is 1. The Bertz CT molecular complexity index is 565. The van der Waals surface area contributed by atoms with Crippen molar-refractivity contribution < 1.29 is 4.79 Å². The molecular formula is C12H10BrIN2O. The summed E-state index contributed by atoms with van der Waals surface area (Å²) in [5, 5.41) is 0. The molecule has 0 bridgehead atoms. The lowest BCUT2D eigenvalue weighted by Crippen LogP contribution is -2.09. The Morgan fingerprint density at radius 3 is 2.94 bits per heavy atom. The predicted octanol–water partition coefficient (Wildman–Crippen LogP) is 3.21. The molecule has 0 aliphatic rings. The first-order valence-corrected chi connectivity index (χ1v) is 6.89. The Morgan fingerprint density at radius 1 is 1.53 bits per heavy atom. The Balaban J connectivity index is 2.26. The van der Waals surface area contributed by atoms with Gasteiger partial charge in [0.05, 0.1) is 6.42 Å². The zero-order valence-corrected chi connectivity index (χ0v) is 12.9. The van der Waals surface area contributed by atoms with Gasteiger partial charge in [-0.15, -0.1) is 0 Å². The highest BCUT2D eigenvalue weighted by Gasteiger charge is 2.13. The molecule has 1 heterocycles. The minimum atomic E-state index is 0.0880. The first-order valence-electron chi connectivity index (χ1n) is 5.02. The third-order valence-electron chi connectivity index (χ3n) is 2.47. The molecule has 3 nitrogen and oxygen atoms in total. The molecule has 0 spiro atoms. The molecule has 0 amide bonds. The van der Waals surface area contributed by atoms with E-state index in [0.717, 1.165) is 19.4 Å². The molecule has 2 aromatic rings. The summed E-state index contributed by atoms with van der Waals surface area (Å²) >= 11 is 5.55. The first kappa shape index (κ1) is 12.8. The molecule has 5 heteroatoms. The SMILES string of the molecule is Cn1ccnc1CC(=O)c1cc(Br)ccc1I. The molecule has 1 aromatic heterocycles. The van der Waals surface area contributed by atoms with Crippen LogP contribution in [-0.4, -0.2) is 15.3 Å². The van der Waals surface area contributed by atoms with E-state index in [1.54, 1.807) is 6.20 Å². The van der Waals surface area contributed by atoms with Crippen LogP contribution in [0, 0.1) is 3.57 Å². The minimum absolute atomic E-state index is 0.0880. The highest BCUT2D eigenvalue weighted by molar-refractivity contribution is 14.1. The van der Waals surface area contributed by atoms with Crippen molar-refractivity contribution in [1.29, 1.82) is 0 Å². The summed E-state index contributed by atoms with van der Waals surface area (Å²) in [4.78, 5) is 16.3. The number of aryl methyl sites for hydroxylation is 1. The minimum Gasteiger partial charge on any atom is -0.338 e. The Labute approximate surface area is 122 Å². The average molecular weight is 405 g/mol. The lowest BCUT2D eigenvalue weighted by Gasteiger charge is -2.05. The van der Waals surface area contributed by atoms with E-state index in [0.29, 0.717) is 6.42 Å². The van der Waals surface area contributed by atoms with Gasteiger partial charge in [0.25, 0.3) is 0 Å². The van der Waals surface area contributed by atoms with Crippen molar-refractivity contribution in [2.45, 2.75) is 6.42 Å². The molecule has 0 aliphatic heterocycles. The summed E-state index contributed by atoms with van der Waals surface area (Å²) in [5.41, 5.74) is 0.739. The lowest BCUT2D eigenvalue weighted by atomic mass is 10.1. The van der Waals surface area contributed by atoms with Gasteiger partial charge >= 0.3 is 0 Å². The fraction of sp³-hybridized carbons (Fsp3) is 0.167. The largest absolute Gasteiger partial charge is 0.338 e. The van der Waals surface area contributed by atoms with E-state index in [1.807, 2.05) is 36.0 Å². The molecule has 0 radical (unpaired) electrons. The number of hydrogen-bond acceptors (Lipinski definition) is 2. The van der Waals surface area contributed by atoms with Crippen molar-refractivity contribution in [2.75, 3.05) is 0 Å². The molecule has 0 saturated heterocycles. The van der Waals surface area contributed by atoms with E-state index < -0.39 is 0 Å². The first-order chi connectivity index (χ1) is 8.08. The van der Waals surface area contributed by atoms with Crippen molar-refractivity contribution in [3.8, 4) is 0 Å². The van der Waals surface area contributed by atoms with Gasteiger partial charge in [0.1, 0.15) is 5.82 Å². The van der Waals surface area contributed by atoms with Gasteiger partial charge < -0.3 is 4.57 Å². The summed E-state index contributed by atoms with van der Waals surface area (Å²) in [6, 6.07) is 5.71. The van der Waals surface area contributed by atoms with Crippen LogP contribution in [0.1, 0.15) is 16.2 Å². The fourth-order valence-electron chi connectivity index (χ4n) is 1.52. The summed E-state index contributed by atoms with van der Waals surface area (Å²) in [5.74, 6) is 0.871. The molecule has 0 atom stereocenters. The topological polar surface area (TPSA) is 34.9 Å². The van der Waals surface area contributed by atoms with Crippen LogP contribution in [0.5, 0.6) is 0 Å². The molecule has 0 fully saturated rings. The molecule has 0 N–H and O–H groups in total. The number of carbonyl (C=O) groups is 1. The van der Waals surface area contributed by atoms with Crippen molar-refractivity contribution >= 4 is 44.3 Å². The molecule has 88 valence electrons. The van der Waals surface area contributed by atoms with Gasteiger partial charge in [-0.3, -0.25) is 4.79 Å². The number of imidazole rings is 1. The van der Waals surface area contributed by atoms with E-state index >= 15 is 0 Å². The highest BCUT2D eigenvalue weighted by atomic mass is 127. The smallest absolute Gasteiger partial charge is 0.171 e. The Morgan fingerprint density at radius 2 is 2.29 bits per heavy atom. The molecule has 1 aromatic carbocycles. The van der Waals surface area contributed by atoms with Crippen molar-refractivity contribution in [1.82, 2.24) is 9.55 Å². The third kappa shape index (κ3) is 2.95. The van der Waals surface area contributed by atoms with Crippen LogP contribution < -0.4 is 0 Å². The summed E-state index contributed by atoms with van der Waals surface area (Å²) in [6.07, 6.45) is 3.87. The van der Waals surface area contributed by atoms with Crippen LogP contribution in [0.15, 0.2) is 35.1 Å². The van der Waals surface area contributed by atoms with Crippen molar-refractivity contribution in [3.05, 3.63) is 50.0 Å². The molecule has 0 unspecified atom stereocenters. The molecular weight excluding hydrogens is 395 g/mol. The number of aromatic nitrogens is 2. The second kappa shape index (κ2) is 5.30. The predicted molar refractivity (Wildman–Crippen MR) is 78.1 cm³/mol. The van der Waals surface area contributed by atoms with E-state index in [-0.39, 0.29) is 5.78 Å². The van der Waals surface area contributed by atoms with E-state index in [1.165, 1.54) is 0 Å². The van der Waals surface area contributed by atoms with E-state index in [9.17, 15) is 4.79 Å². The number of rotatable bonds is 3. The lowest BCUT2D eigenvalue weighted by molar-refractivity contribution is 0.0989. The second-order valence-electron chi connectivity index (χ2n) is 3.68. The van der Waals surface area contributed by atoms with E-state index in [2.05, 4.69) is 43.5 Å². The zero-order chi connectivity index (χ0) is 12.4. The number of ketones is 1. The van der Waals surface area contributed by atoms with Crippen LogP contribution in [0.25, 0.3) is 0 Å². The number of hydrogen-bond donors (Lipinski definition) is 0. The molecule has 17 heavy (non-hydrogen) atoms. The quantitative estimate of drug-likeness (QED) is 0.581. The van der Waals surface area contributed by atoms with Gasteiger partial charge in [-0.25, -0.2) is 4.98 Å². The number of Topliss-reactive ketones (excluding diaryl/α,β-unsaturated/α-hetero) is 1. The van der Waals surface area contributed by atoms with Crippen LogP contribution in [0.4, 0.5) is 0 Å². The van der Waals surface area contributed by atoms with Crippen molar-refractivity contribution in [2.24, 2.45) is 7.05 Å². The highest BCUT2D eigenvalue weighted by Crippen LogP contribution is 2.19. The number of halogens is 2. The number of nitrogens with zero attached hydrogens (tertiary/aromatic N) is 2. The molecule has 2 rings (SSSR count). The summed E-state index contributed by atoms with van der Waals surface area (Å²) in [6.45, 7) is 0. The monoisotopic (exact) mass is 404 g/mol. The zero-order valence-electron chi connectivity index (χ0n) is 9.15. The second-order valence-corrected chi connectivity index (χ2v) is 5.76. The van der Waals surface area contributed by atoms with Gasteiger partial charge in [0.2, 0.25) is 0 Å². The van der Waals surface area contributed by atoms with Crippen molar-refractivity contribution in [3.63, 3.8) is 0 Å². The van der Waals surface area contributed by atoms with Gasteiger partial charge in [-0.1, -0.05) is 15.9 Å². The van der Waals surface area contributed by atoms with Gasteiger partial charge in [-0.05, 0) is 40.8 Å². The normalized spacial score (nSPS) is 10.5. The summed E-state index contributed by atoms with van der Waals surface area (Å²) in [7, 11) is 1.89. The Kier molecular flexibility index (Phi) is 3.98. The average Bonchev–Trinajstić information content (AvgIpc) is 2.68. The fourth-order valence-corrected chi connectivity index (χ4v) is 2.51. The van der Waals surface area contributed by atoms with Gasteiger partial charge in [0, 0.05) is 33.0 Å². The standard InChI is InChI=1S/C12H10BrIN2O/c1-16-5-4-15-12(16)7-11(17)9-6-8(13)2-3-10(9)14/h2-6H,7H2,1H3. The Hall–Kier alpha value is -0.690. The van der Waals surface area contributed by atoms with Gasteiger partial charge in [-0.2, -0.15) is 0 Å². The van der Waals surface area contributed by atoms with Gasteiger partial charge in [0.15, 0.2) is 5.78 Å². The maximum Gasteiger partial charge on any atom is 0.171 e. The van der Waals surface area contributed by atoms with E-state index in [4.69, 9.17) is 0 Å². The maximum absolute atomic E-state index is 12.2. The van der Waals surface area contributed by atoms with Crippen LogP contribution in [0.2, 0.25) is 0 Å². The summed E-state index contributed by atoms with van der Waals surface area (Å²) < 4.78 is 3.74. The molecule has 0 aliphatic carbocycles. The van der Waals surface area contributed by atoms with Crippen LogP contribution in [0.3, 0.4) is 0 Å². The van der Waals surface area contributed by atoms with Crippen LogP contribution >= 0.6 is 38.5 Å². The molecule has 0 saturated carbocycles.